The summed E-state index contributed by atoms with van der Waals surface area (Å²) in [5, 5.41) is 17.5. The molecule has 1 aromatic carbocycles. The summed E-state index contributed by atoms with van der Waals surface area (Å²) in [6, 6.07) is 2.54. The zero-order valence-electron chi connectivity index (χ0n) is 7.74. The quantitative estimate of drug-likeness (QED) is 0.672. The lowest BCUT2D eigenvalue weighted by molar-refractivity contribution is 0.0691. The number of anilines is 1. The van der Waals surface area contributed by atoms with Gasteiger partial charge in [0.25, 0.3) is 0 Å². The molecule has 0 radical (unpaired) electrons. The molecular formula is C9H10ClNO4. The van der Waals surface area contributed by atoms with Crippen molar-refractivity contribution in [2.45, 2.75) is 0 Å². The molecule has 6 heteroatoms. The van der Waals surface area contributed by atoms with E-state index in [-0.39, 0.29) is 35.2 Å². The van der Waals surface area contributed by atoms with Crippen molar-refractivity contribution in [1.82, 2.24) is 0 Å². The third-order valence-electron chi connectivity index (χ3n) is 1.68. The molecule has 0 saturated heterocycles. The number of carbonyl (C=O) groups is 1. The van der Waals surface area contributed by atoms with E-state index >= 15 is 0 Å². The first-order valence-corrected chi connectivity index (χ1v) is 4.50. The van der Waals surface area contributed by atoms with Crippen molar-refractivity contribution >= 4 is 23.3 Å². The number of aromatic carboxylic acids is 1. The van der Waals surface area contributed by atoms with E-state index in [4.69, 9.17) is 32.3 Å². The van der Waals surface area contributed by atoms with Gasteiger partial charge in [-0.15, -0.1) is 0 Å². The molecule has 0 aliphatic rings. The van der Waals surface area contributed by atoms with Gasteiger partial charge in [-0.25, -0.2) is 4.79 Å². The average molecular weight is 232 g/mol. The van der Waals surface area contributed by atoms with Gasteiger partial charge in [0.2, 0.25) is 0 Å². The maximum atomic E-state index is 10.8. The van der Waals surface area contributed by atoms with Crippen molar-refractivity contribution in [3.05, 3.63) is 22.7 Å². The van der Waals surface area contributed by atoms with Crippen molar-refractivity contribution in [3.63, 3.8) is 0 Å². The Hall–Kier alpha value is -1.46. The molecule has 0 unspecified atom stereocenters. The van der Waals surface area contributed by atoms with Crippen LogP contribution in [0.1, 0.15) is 10.4 Å². The number of nitrogens with two attached hydrogens (primary N) is 1. The van der Waals surface area contributed by atoms with Gasteiger partial charge in [-0.2, -0.15) is 0 Å². The number of hydrogen-bond donors (Lipinski definition) is 3. The van der Waals surface area contributed by atoms with E-state index in [1.807, 2.05) is 0 Å². The molecule has 0 aliphatic heterocycles. The van der Waals surface area contributed by atoms with Gasteiger partial charge in [-0.05, 0) is 6.07 Å². The van der Waals surface area contributed by atoms with Gasteiger partial charge >= 0.3 is 5.97 Å². The fourth-order valence-corrected chi connectivity index (χ4v) is 1.17. The minimum absolute atomic E-state index is 0.00134. The molecule has 0 aromatic heterocycles. The normalized spacial score (nSPS) is 10.0. The number of benzene rings is 1. The van der Waals surface area contributed by atoms with Crippen molar-refractivity contribution in [1.29, 1.82) is 0 Å². The average Bonchev–Trinajstić information content (AvgIpc) is 2.19. The molecule has 0 aliphatic carbocycles. The fourth-order valence-electron chi connectivity index (χ4n) is 1.01. The third kappa shape index (κ3) is 2.74. The molecule has 15 heavy (non-hydrogen) atoms. The highest BCUT2D eigenvalue weighted by molar-refractivity contribution is 6.33. The highest BCUT2D eigenvalue weighted by atomic mass is 35.5. The summed E-state index contributed by atoms with van der Waals surface area (Å²) >= 11 is 5.67. The summed E-state index contributed by atoms with van der Waals surface area (Å²) in [5.74, 6) is -1.07. The lowest BCUT2D eigenvalue weighted by Crippen LogP contribution is -2.07. The molecule has 0 saturated carbocycles. The SMILES string of the molecule is Nc1cc(OCCO)c(C(=O)O)cc1Cl. The molecule has 82 valence electrons. The lowest BCUT2D eigenvalue weighted by Gasteiger charge is -2.09. The minimum Gasteiger partial charge on any atom is -0.490 e. The highest BCUT2D eigenvalue weighted by Gasteiger charge is 2.14. The molecular weight excluding hydrogens is 222 g/mol. The number of ether oxygens (including phenoxy) is 1. The van der Waals surface area contributed by atoms with Crippen molar-refractivity contribution in [2.75, 3.05) is 18.9 Å². The van der Waals surface area contributed by atoms with Gasteiger partial charge < -0.3 is 20.7 Å². The molecule has 0 bridgehead atoms. The van der Waals surface area contributed by atoms with E-state index in [2.05, 4.69) is 0 Å². The Morgan fingerprint density at radius 1 is 1.53 bits per heavy atom. The molecule has 5 nitrogen and oxygen atoms in total. The Morgan fingerprint density at radius 3 is 2.73 bits per heavy atom. The zero-order valence-corrected chi connectivity index (χ0v) is 8.49. The number of rotatable bonds is 4. The van der Waals surface area contributed by atoms with Gasteiger partial charge in [0, 0.05) is 6.07 Å². The number of aliphatic hydroxyl groups excluding tert-OH is 1. The highest BCUT2D eigenvalue weighted by Crippen LogP contribution is 2.28. The van der Waals surface area contributed by atoms with Crippen LogP contribution >= 0.6 is 11.6 Å². The first-order valence-electron chi connectivity index (χ1n) is 4.12. The summed E-state index contributed by atoms with van der Waals surface area (Å²) in [7, 11) is 0. The van der Waals surface area contributed by atoms with Crippen LogP contribution in [0.3, 0.4) is 0 Å². The second-order valence-corrected chi connectivity index (χ2v) is 3.15. The van der Waals surface area contributed by atoms with Crippen molar-refractivity contribution in [2.24, 2.45) is 0 Å². The number of halogens is 1. The first-order chi connectivity index (χ1) is 7.06. The maximum absolute atomic E-state index is 10.8. The number of aliphatic hydroxyl groups is 1. The number of hydrogen-bond acceptors (Lipinski definition) is 4. The number of carboxylic acids is 1. The summed E-state index contributed by atoms with van der Waals surface area (Å²) in [5.41, 5.74) is 5.64. The van der Waals surface area contributed by atoms with Gasteiger partial charge in [0.05, 0.1) is 17.3 Å². The van der Waals surface area contributed by atoms with Crippen LogP contribution in [-0.2, 0) is 0 Å². The van der Waals surface area contributed by atoms with E-state index in [9.17, 15) is 4.79 Å². The predicted octanol–water partition coefficient (Wildman–Crippen LogP) is 0.991. The third-order valence-corrected chi connectivity index (χ3v) is 2.01. The Kier molecular flexibility index (Phi) is 3.76. The van der Waals surface area contributed by atoms with E-state index < -0.39 is 5.97 Å². The lowest BCUT2D eigenvalue weighted by atomic mass is 10.2. The summed E-state index contributed by atoms with van der Waals surface area (Å²) in [6.07, 6.45) is 0. The summed E-state index contributed by atoms with van der Waals surface area (Å²) < 4.78 is 5.01. The molecule has 4 N–H and O–H groups in total. The molecule has 1 aromatic rings. The molecule has 0 spiro atoms. The summed E-state index contributed by atoms with van der Waals surface area (Å²) in [6.45, 7) is -0.205. The van der Waals surface area contributed by atoms with E-state index in [0.717, 1.165) is 0 Å². The number of nitrogen functional groups attached to an aromatic ring is 1. The van der Waals surface area contributed by atoms with Crippen LogP contribution < -0.4 is 10.5 Å². The fraction of sp³-hybridized carbons (Fsp3) is 0.222. The van der Waals surface area contributed by atoms with Crippen LogP contribution in [0.5, 0.6) is 5.75 Å². The van der Waals surface area contributed by atoms with Gasteiger partial charge in [0.15, 0.2) is 0 Å². The first kappa shape index (κ1) is 11.6. The molecule has 1 rings (SSSR count). The van der Waals surface area contributed by atoms with Crippen molar-refractivity contribution < 1.29 is 19.7 Å². The van der Waals surface area contributed by atoms with Gasteiger partial charge in [0.1, 0.15) is 17.9 Å². The van der Waals surface area contributed by atoms with Crippen LogP contribution in [0.25, 0.3) is 0 Å². The number of carboxylic acid groups (broad SMARTS) is 1. The van der Waals surface area contributed by atoms with Gasteiger partial charge in [-0.1, -0.05) is 11.6 Å². The summed E-state index contributed by atoms with van der Waals surface area (Å²) in [4.78, 5) is 10.8. The maximum Gasteiger partial charge on any atom is 0.339 e. The second kappa shape index (κ2) is 4.86. The predicted molar refractivity (Wildman–Crippen MR) is 55.4 cm³/mol. The van der Waals surface area contributed by atoms with Crippen LogP contribution in [0.4, 0.5) is 5.69 Å². The standard InChI is InChI=1S/C9H10ClNO4/c10-6-3-5(9(13)14)8(4-7(6)11)15-2-1-12/h3-4,12H,1-2,11H2,(H,13,14). The molecule has 0 heterocycles. The zero-order chi connectivity index (χ0) is 11.4. The Balaban J connectivity index is 3.10. The molecule has 0 fully saturated rings. The Morgan fingerprint density at radius 2 is 2.20 bits per heavy atom. The van der Waals surface area contributed by atoms with Gasteiger partial charge in [-0.3, -0.25) is 0 Å². The molecule has 0 atom stereocenters. The van der Waals surface area contributed by atoms with Crippen LogP contribution in [0, 0.1) is 0 Å². The minimum atomic E-state index is -1.16. The largest absolute Gasteiger partial charge is 0.490 e. The Labute approximate surface area is 91.0 Å². The second-order valence-electron chi connectivity index (χ2n) is 2.75. The van der Waals surface area contributed by atoms with Crippen molar-refractivity contribution in [3.8, 4) is 5.75 Å². The monoisotopic (exact) mass is 231 g/mol. The Bertz CT molecular complexity index is 381. The van der Waals surface area contributed by atoms with E-state index in [1.54, 1.807) is 0 Å². The molecule has 0 amide bonds. The van der Waals surface area contributed by atoms with E-state index in [1.165, 1.54) is 12.1 Å². The topological polar surface area (TPSA) is 92.8 Å². The smallest absolute Gasteiger partial charge is 0.339 e. The van der Waals surface area contributed by atoms with Crippen LogP contribution in [0.2, 0.25) is 5.02 Å². The van der Waals surface area contributed by atoms with Crippen LogP contribution in [0.15, 0.2) is 12.1 Å². The van der Waals surface area contributed by atoms with E-state index in [0.29, 0.717) is 0 Å². The van der Waals surface area contributed by atoms with Crippen LogP contribution in [-0.4, -0.2) is 29.4 Å².